The first kappa shape index (κ1) is 14.4. The molecule has 3 aliphatic rings. The van der Waals surface area contributed by atoms with Gasteiger partial charge in [-0.15, -0.1) is 0 Å². The molecule has 2 bridgehead atoms. The first-order valence-corrected chi connectivity index (χ1v) is 8.83. The van der Waals surface area contributed by atoms with Gasteiger partial charge in [0.05, 0.1) is 11.5 Å². The lowest BCUT2D eigenvalue weighted by Crippen LogP contribution is -2.34. The number of hydrogen-bond donors (Lipinski definition) is 0. The minimum absolute atomic E-state index is 0.0386. The normalized spacial score (nSPS) is 44.5. The van der Waals surface area contributed by atoms with Gasteiger partial charge in [-0.1, -0.05) is 27.2 Å². The average molecular weight is 273 g/mol. The quantitative estimate of drug-likeness (QED) is 0.646. The van der Waals surface area contributed by atoms with E-state index in [1.165, 1.54) is 57.8 Å². The summed E-state index contributed by atoms with van der Waals surface area (Å²) in [6, 6.07) is 2.78. The van der Waals surface area contributed by atoms with Crippen LogP contribution in [0.15, 0.2) is 0 Å². The number of hydrogen-bond acceptors (Lipinski definition) is 1. The van der Waals surface area contributed by atoms with Crippen LogP contribution in [0.25, 0.3) is 0 Å². The van der Waals surface area contributed by atoms with Gasteiger partial charge in [-0.05, 0) is 80.5 Å². The molecule has 0 spiro atoms. The molecule has 3 rings (SSSR count). The van der Waals surface area contributed by atoms with Crippen LogP contribution < -0.4 is 0 Å². The predicted octanol–water partition coefficient (Wildman–Crippen LogP) is 5.56. The number of fused-ring (bicyclic) bond motifs is 2. The van der Waals surface area contributed by atoms with Gasteiger partial charge in [-0.25, -0.2) is 0 Å². The third-order valence-electron chi connectivity index (χ3n) is 6.94. The molecule has 3 fully saturated rings. The fourth-order valence-electron chi connectivity index (χ4n) is 5.53. The predicted molar refractivity (Wildman–Crippen MR) is 83.0 cm³/mol. The number of nitriles is 1. The Kier molecular flexibility index (Phi) is 3.64. The molecule has 0 amide bonds. The maximum Gasteiger partial charge on any atom is 0.0689 e. The highest BCUT2D eigenvalue weighted by Crippen LogP contribution is 2.55. The van der Waals surface area contributed by atoms with E-state index < -0.39 is 0 Å². The number of nitrogens with zero attached hydrogens (tertiary/aromatic N) is 1. The van der Waals surface area contributed by atoms with E-state index in [9.17, 15) is 5.26 Å². The van der Waals surface area contributed by atoms with Crippen molar-refractivity contribution < 1.29 is 0 Å². The van der Waals surface area contributed by atoms with Crippen molar-refractivity contribution in [2.75, 3.05) is 0 Å². The molecule has 0 radical (unpaired) electrons. The fourth-order valence-corrected chi connectivity index (χ4v) is 5.53. The maximum absolute atomic E-state index is 9.81. The Morgan fingerprint density at radius 1 is 1.05 bits per heavy atom. The van der Waals surface area contributed by atoms with Crippen LogP contribution in [0, 0.1) is 45.8 Å². The zero-order valence-electron chi connectivity index (χ0n) is 13.6. The molecule has 0 heterocycles. The molecule has 1 nitrogen and oxygen atoms in total. The van der Waals surface area contributed by atoms with Gasteiger partial charge < -0.3 is 0 Å². The Balaban J connectivity index is 1.61. The summed E-state index contributed by atoms with van der Waals surface area (Å²) in [5.41, 5.74) is 0.463. The molecule has 0 N–H and O–H groups in total. The van der Waals surface area contributed by atoms with Crippen molar-refractivity contribution >= 4 is 0 Å². The zero-order valence-corrected chi connectivity index (χ0v) is 13.6. The summed E-state index contributed by atoms with van der Waals surface area (Å²) >= 11 is 0. The van der Waals surface area contributed by atoms with E-state index in [2.05, 4.69) is 26.8 Å². The second kappa shape index (κ2) is 5.04. The van der Waals surface area contributed by atoms with Gasteiger partial charge in [-0.2, -0.15) is 5.26 Å². The lowest BCUT2D eigenvalue weighted by atomic mass is 9.61. The van der Waals surface area contributed by atoms with Crippen molar-refractivity contribution in [2.45, 2.75) is 78.6 Å². The molecule has 3 saturated carbocycles. The second-order valence-electron chi connectivity index (χ2n) is 9.17. The lowest BCUT2D eigenvalue weighted by molar-refractivity contribution is 0.0948. The van der Waals surface area contributed by atoms with Crippen molar-refractivity contribution in [3.8, 4) is 6.07 Å². The monoisotopic (exact) mass is 273 g/mol. The standard InChI is InChI=1S/C19H31N/c1-18(2,3)17-6-8-19(13-20,9-7-17)12-16-11-14-4-5-15(16)10-14/h14-17H,4-12H2,1-3H3. The zero-order chi connectivity index (χ0) is 14.4. The summed E-state index contributed by atoms with van der Waals surface area (Å²) in [6.45, 7) is 7.10. The highest BCUT2D eigenvalue weighted by molar-refractivity contribution is 5.05. The summed E-state index contributed by atoms with van der Waals surface area (Å²) in [7, 11) is 0. The Morgan fingerprint density at radius 2 is 1.75 bits per heavy atom. The van der Waals surface area contributed by atoms with Crippen molar-refractivity contribution in [1.82, 2.24) is 0 Å². The van der Waals surface area contributed by atoms with Gasteiger partial charge in [0.2, 0.25) is 0 Å². The van der Waals surface area contributed by atoms with Gasteiger partial charge >= 0.3 is 0 Å². The third kappa shape index (κ3) is 2.63. The van der Waals surface area contributed by atoms with Crippen LogP contribution in [-0.4, -0.2) is 0 Å². The van der Waals surface area contributed by atoms with Crippen molar-refractivity contribution in [2.24, 2.45) is 34.5 Å². The third-order valence-corrected chi connectivity index (χ3v) is 6.94. The number of rotatable bonds is 2. The molecule has 20 heavy (non-hydrogen) atoms. The molecule has 3 aliphatic carbocycles. The molecule has 0 aromatic carbocycles. The highest BCUT2D eigenvalue weighted by Gasteiger charge is 2.46. The minimum Gasteiger partial charge on any atom is -0.198 e. The van der Waals surface area contributed by atoms with Gasteiger partial charge in [0.25, 0.3) is 0 Å². The molecular weight excluding hydrogens is 242 g/mol. The fraction of sp³-hybridized carbons (Fsp3) is 0.947. The van der Waals surface area contributed by atoms with Crippen molar-refractivity contribution in [1.29, 1.82) is 5.26 Å². The van der Waals surface area contributed by atoms with Crippen LogP contribution in [-0.2, 0) is 0 Å². The van der Waals surface area contributed by atoms with Crippen LogP contribution in [0.4, 0.5) is 0 Å². The molecule has 0 aromatic rings. The van der Waals surface area contributed by atoms with E-state index in [1.54, 1.807) is 0 Å². The maximum atomic E-state index is 9.81. The van der Waals surface area contributed by atoms with E-state index in [0.29, 0.717) is 5.41 Å². The molecule has 3 unspecified atom stereocenters. The summed E-state index contributed by atoms with van der Waals surface area (Å²) < 4.78 is 0. The van der Waals surface area contributed by atoms with Crippen LogP contribution in [0.5, 0.6) is 0 Å². The summed E-state index contributed by atoms with van der Waals surface area (Å²) in [5.74, 6) is 3.71. The van der Waals surface area contributed by atoms with Crippen LogP contribution in [0.2, 0.25) is 0 Å². The van der Waals surface area contributed by atoms with Gasteiger partial charge in [0.1, 0.15) is 0 Å². The molecule has 1 heteroatoms. The minimum atomic E-state index is 0.0386. The SMILES string of the molecule is CC(C)(C)C1CCC(C#N)(CC2CC3CCC2C3)CC1. The van der Waals surface area contributed by atoms with Gasteiger partial charge in [-0.3, -0.25) is 0 Å². The Hall–Kier alpha value is -0.510. The highest BCUT2D eigenvalue weighted by atomic mass is 14.5. The molecule has 0 aromatic heterocycles. The van der Waals surface area contributed by atoms with Crippen LogP contribution in [0.3, 0.4) is 0 Å². The van der Waals surface area contributed by atoms with Gasteiger partial charge in [0.15, 0.2) is 0 Å². The Labute approximate surface area is 125 Å². The largest absolute Gasteiger partial charge is 0.198 e. The van der Waals surface area contributed by atoms with E-state index in [-0.39, 0.29) is 5.41 Å². The Morgan fingerprint density at radius 3 is 2.20 bits per heavy atom. The first-order chi connectivity index (χ1) is 9.42. The molecule has 112 valence electrons. The summed E-state index contributed by atoms with van der Waals surface area (Å²) in [5, 5.41) is 9.81. The van der Waals surface area contributed by atoms with Crippen LogP contribution >= 0.6 is 0 Å². The average Bonchev–Trinajstić information content (AvgIpc) is 3.00. The van der Waals surface area contributed by atoms with E-state index in [0.717, 1.165) is 23.7 Å². The molecular formula is C19H31N. The molecule has 0 aliphatic heterocycles. The molecule has 0 saturated heterocycles. The second-order valence-corrected chi connectivity index (χ2v) is 9.17. The van der Waals surface area contributed by atoms with Crippen molar-refractivity contribution in [3.05, 3.63) is 0 Å². The van der Waals surface area contributed by atoms with E-state index in [1.807, 2.05) is 0 Å². The topological polar surface area (TPSA) is 23.8 Å². The summed E-state index contributed by atoms with van der Waals surface area (Å²) in [4.78, 5) is 0. The summed E-state index contributed by atoms with van der Waals surface area (Å²) in [6.07, 6.45) is 12.0. The Bertz CT molecular complexity index is 389. The first-order valence-electron chi connectivity index (χ1n) is 8.83. The van der Waals surface area contributed by atoms with E-state index >= 15 is 0 Å². The smallest absolute Gasteiger partial charge is 0.0689 e. The molecule has 3 atom stereocenters. The van der Waals surface area contributed by atoms with Crippen LogP contribution in [0.1, 0.15) is 78.6 Å². The van der Waals surface area contributed by atoms with E-state index in [4.69, 9.17) is 0 Å². The van der Waals surface area contributed by atoms with Crippen molar-refractivity contribution in [3.63, 3.8) is 0 Å². The van der Waals surface area contributed by atoms with Gasteiger partial charge in [0, 0.05) is 0 Å². The lowest BCUT2D eigenvalue weighted by Gasteiger charge is -2.42.